The van der Waals surface area contributed by atoms with E-state index in [1.54, 1.807) is 6.20 Å². The zero-order valence-corrected chi connectivity index (χ0v) is 9.57. The quantitative estimate of drug-likeness (QED) is 0.804. The summed E-state index contributed by atoms with van der Waals surface area (Å²) in [6.45, 7) is 4.23. The largest absolute Gasteiger partial charge is 0.328 e. The van der Waals surface area contributed by atoms with Crippen LogP contribution in [-0.4, -0.2) is 21.6 Å². The number of imidazole rings is 1. The molecular formula is C11H16N4. The zero-order valence-electron chi connectivity index (χ0n) is 9.57. The maximum atomic E-state index is 4.62. The molecule has 0 fully saturated rings. The molecule has 4 nitrogen and oxygen atoms in total. The van der Waals surface area contributed by atoms with Crippen molar-refractivity contribution in [2.24, 2.45) is 7.05 Å². The highest BCUT2D eigenvalue weighted by molar-refractivity contribution is 5.74. The Bertz CT molecular complexity index is 484. The number of nitrogens with zero attached hydrogens (tertiary/aromatic N) is 3. The Morgan fingerprint density at radius 2 is 2.13 bits per heavy atom. The Balaban J connectivity index is 2.68. The van der Waals surface area contributed by atoms with Crippen molar-refractivity contribution >= 4 is 11.0 Å². The van der Waals surface area contributed by atoms with Gasteiger partial charge in [-0.25, -0.2) is 4.98 Å². The maximum Gasteiger partial charge on any atom is 0.129 e. The number of aromatic nitrogens is 3. The number of hydrogen-bond donors (Lipinski definition) is 1. The van der Waals surface area contributed by atoms with Crippen molar-refractivity contribution in [2.75, 3.05) is 7.05 Å². The van der Waals surface area contributed by atoms with Crippen LogP contribution in [-0.2, 0) is 12.6 Å². The Labute approximate surface area is 89.3 Å². The first-order chi connectivity index (χ1) is 7.06. The van der Waals surface area contributed by atoms with Crippen LogP contribution >= 0.6 is 0 Å². The van der Waals surface area contributed by atoms with Crippen LogP contribution in [0.15, 0.2) is 18.5 Å². The number of pyridine rings is 1. The van der Waals surface area contributed by atoms with Gasteiger partial charge in [0, 0.05) is 13.2 Å². The lowest BCUT2D eigenvalue weighted by Crippen LogP contribution is -2.35. The van der Waals surface area contributed by atoms with Gasteiger partial charge in [0.15, 0.2) is 0 Å². The second-order valence-corrected chi connectivity index (χ2v) is 4.23. The maximum absolute atomic E-state index is 4.62. The third kappa shape index (κ3) is 1.51. The zero-order chi connectivity index (χ0) is 11.1. The van der Waals surface area contributed by atoms with Crippen LogP contribution in [0.5, 0.6) is 0 Å². The SMILES string of the molecule is CNC(C)(C)c1nc2ccncc2n1C. The predicted octanol–water partition coefficient (Wildman–Crippen LogP) is 1.42. The fourth-order valence-corrected chi connectivity index (χ4v) is 1.71. The molecule has 0 aliphatic rings. The van der Waals surface area contributed by atoms with Gasteiger partial charge in [0.1, 0.15) is 5.82 Å². The van der Waals surface area contributed by atoms with Crippen LogP contribution < -0.4 is 5.32 Å². The smallest absolute Gasteiger partial charge is 0.129 e. The van der Waals surface area contributed by atoms with Gasteiger partial charge in [-0.3, -0.25) is 4.98 Å². The second-order valence-electron chi connectivity index (χ2n) is 4.23. The van der Waals surface area contributed by atoms with E-state index < -0.39 is 0 Å². The molecule has 2 aromatic rings. The molecule has 0 aliphatic heterocycles. The number of fused-ring (bicyclic) bond motifs is 1. The molecule has 0 spiro atoms. The Kier molecular flexibility index (Phi) is 2.23. The number of nitrogens with one attached hydrogen (secondary N) is 1. The molecule has 2 rings (SSSR count). The predicted molar refractivity (Wildman–Crippen MR) is 60.6 cm³/mol. The molecular weight excluding hydrogens is 188 g/mol. The second kappa shape index (κ2) is 3.31. The highest BCUT2D eigenvalue weighted by atomic mass is 15.1. The van der Waals surface area contributed by atoms with Gasteiger partial charge in [-0.2, -0.15) is 0 Å². The summed E-state index contributed by atoms with van der Waals surface area (Å²) < 4.78 is 2.08. The first-order valence-electron chi connectivity index (χ1n) is 5.02. The third-order valence-electron chi connectivity index (χ3n) is 2.87. The highest BCUT2D eigenvalue weighted by Crippen LogP contribution is 2.22. The van der Waals surface area contributed by atoms with Crippen LogP contribution in [0.1, 0.15) is 19.7 Å². The molecule has 0 bridgehead atoms. The van der Waals surface area contributed by atoms with Crippen molar-refractivity contribution in [2.45, 2.75) is 19.4 Å². The van der Waals surface area contributed by atoms with E-state index in [1.165, 1.54) is 0 Å². The molecule has 0 saturated heterocycles. The van der Waals surface area contributed by atoms with Crippen molar-refractivity contribution in [3.05, 3.63) is 24.3 Å². The van der Waals surface area contributed by atoms with Gasteiger partial charge in [0.25, 0.3) is 0 Å². The van der Waals surface area contributed by atoms with Gasteiger partial charge in [0.05, 0.1) is 22.8 Å². The van der Waals surface area contributed by atoms with Crippen molar-refractivity contribution < 1.29 is 0 Å². The summed E-state index contributed by atoms with van der Waals surface area (Å²) in [5, 5.41) is 3.26. The standard InChI is InChI=1S/C11H16N4/c1-11(2,12-3)10-14-8-5-6-13-7-9(8)15(10)4/h5-7,12H,1-4H3. The van der Waals surface area contributed by atoms with E-state index >= 15 is 0 Å². The Morgan fingerprint density at radius 1 is 1.40 bits per heavy atom. The fraction of sp³-hybridized carbons (Fsp3) is 0.455. The Hall–Kier alpha value is -1.42. The molecule has 1 N–H and O–H groups in total. The minimum absolute atomic E-state index is 0.131. The molecule has 2 heterocycles. The van der Waals surface area contributed by atoms with Crippen molar-refractivity contribution in [1.82, 2.24) is 19.9 Å². The average molecular weight is 204 g/mol. The van der Waals surface area contributed by atoms with Crippen molar-refractivity contribution in [3.63, 3.8) is 0 Å². The molecule has 80 valence electrons. The number of aryl methyl sites for hydroxylation is 1. The summed E-state index contributed by atoms with van der Waals surface area (Å²) in [5.41, 5.74) is 1.93. The van der Waals surface area contributed by atoms with E-state index in [4.69, 9.17) is 0 Å². The van der Waals surface area contributed by atoms with Crippen molar-refractivity contribution in [1.29, 1.82) is 0 Å². The fourth-order valence-electron chi connectivity index (χ4n) is 1.71. The third-order valence-corrected chi connectivity index (χ3v) is 2.87. The first kappa shape index (κ1) is 10.1. The molecule has 15 heavy (non-hydrogen) atoms. The molecule has 0 aromatic carbocycles. The molecule has 0 saturated carbocycles. The van der Waals surface area contributed by atoms with Gasteiger partial charge >= 0.3 is 0 Å². The van der Waals surface area contributed by atoms with E-state index in [2.05, 4.69) is 33.7 Å². The summed E-state index contributed by atoms with van der Waals surface area (Å²) in [5.74, 6) is 1.02. The molecule has 0 atom stereocenters. The van der Waals surface area contributed by atoms with Crippen molar-refractivity contribution in [3.8, 4) is 0 Å². The summed E-state index contributed by atoms with van der Waals surface area (Å²) in [4.78, 5) is 8.73. The lowest BCUT2D eigenvalue weighted by molar-refractivity contribution is 0.407. The van der Waals surface area contributed by atoms with Crippen LogP contribution in [0.2, 0.25) is 0 Å². The van der Waals surface area contributed by atoms with E-state index in [0.29, 0.717) is 0 Å². The van der Waals surface area contributed by atoms with Gasteiger partial charge in [-0.1, -0.05) is 0 Å². The van der Waals surface area contributed by atoms with Crippen LogP contribution in [0.3, 0.4) is 0 Å². The first-order valence-corrected chi connectivity index (χ1v) is 5.02. The summed E-state index contributed by atoms with van der Waals surface area (Å²) >= 11 is 0. The van der Waals surface area contributed by atoms with Gasteiger partial charge in [0.2, 0.25) is 0 Å². The number of hydrogen-bond acceptors (Lipinski definition) is 3. The van der Waals surface area contributed by atoms with Crippen LogP contribution in [0, 0.1) is 0 Å². The molecule has 0 unspecified atom stereocenters. The van der Waals surface area contributed by atoms with E-state index in [1.807, 2.05) is 26.4 Å². The summed E-state index contributed by atoms with van der Waals surface area (Å²) in [6, 6.07) is 1.94. The minimum Gasteiger partial charge on any atom is -0.328 e. The van der Waals surface area contributed by atoms with Crippen LogP contribution in [0.25, 0.3) is 11.0 Å². The topological polar surface area (TPSA) is 42.7 Å². The minimum atomic E-state index is -0.131. The molecule has 4 heteroatoms. The highest BCUT2D eigenvalue weighted by Gasteiger charge is 2.24. The lowest BCUT2D eigenvalue weighted by atomic mass is 10.1. The van der Waals surface area contributed by atoms with E-state index in [-0.39, 0.29) is 5.54 Å². The van der Waals surface area contributed by atoms with Gasteiger partial charge in [-0.15, -0.1) is 0 Å². The van der Waals surface area contributed by atoms with Gasteiger partial charge < -0.3 is 9.88 Å². The van der Waals surface area contributed by atoms with Gasteiger partial charge in [-0.05, 0) is 27.0 Å². The normalized spacial score (nSPS) is 12.3. The Morgan fingerprint density at radius 3 is 2.73 bits per heavy atom. The molecule has 0 amide bonds. The van der Waals surface area contributed by atoms with Crippen LogP contribution in [0.4, 0.5) is 0 Å². The molecule has 0 aliphatic carbocycles. The van der Waals surface area contributed by atoms with E-state index in [9.17, 15) is 0 Å². The monoisotopic (exact) mass is 204 g/mol. The number of rotatable bonds is 2. The summed E-state index contributed by atoms with van der Waals surface area (Å²) in [7, 11) is 3.96. The molecule has 2 aromatic heterocycles. The van der Waals surface area contributed by atoms with E-state index in [0.717, 1.165) is 16.9 Å². The molecule has 0 radical (unpaired) electrons. The average Bonchev–Trinajstić information content (AvgIpc) is 2.58. The summed E-state index contributed by atoms with van der Waals surface area (Å²) in [6.07, 6.45) is 3.61. The lowest BCUT2D eigenvalue weighted by Gasteiger charge is -2.23.